The highest BCUT2D eigenvalue weighted by Gasteiger charge is 2.25. The average molecular weight is 441 g/mol. The Bertz CT molecular complexity index is 1310. The van der Waals surface area contributed by atoms with Crippen LogP contribution in [-0.4, -0.2) is 42.3 Å². The van der Waals surface area contributed by atoms with Crippen LogP contribution < -0.4 is 5.32 Å². The Morgan fingerprint density at radius 3 is 2.93 bits per heavy atom. The van der Waals surface area contributed by atoms with Gasteiger partial charge >= 0.3 is 0 Å². The van der Waals surface area contributed by atoms with Gasteiger partial charge in [-0.1, -0.05) is 12.1 Å². The molecule has 0 bridgehead atoms. The summed E-state index contributed by atoms with van der Waals surface area (Å²) in [7, 11) is -3.42. The number of amidine groups is 1. The number of amides is 1. The number of para-hydroxylation sites is 1. The second kappa shape index (κ2) is 7.22. The van der Waals surface area contributed by atoms with Crippen LogP contribution in [0.2, 0.25) is 0 Å². The van der Waals surface area contributed by atoms with Gasteiger partial charge in [-0.15, -0.1) is 15.7 Å². The molecule has 0 atom stereocenters. The summed E-state index contributed by atoms with van der Waals surface area (Å²) in [6, 6.07) is 11.5. The van der Waals surface area contributed by atoms with Crippen LogP contribution in [0.3, 0.4) is 0 Å². The Hall–Kier alpha value is -3.24. The molecule has 1 aromatic carbocycles. The van der Waals surface area contributed by atoms with Gasteiger partial charge < -0.3 is 14.6 Å². The molecule has 2 aliphatic heterocycles. The van der Waals surface area contributed by atoms with Gasteiger partial charge in [-0.05, 0) is 36.4 Å². The third-order valence-corrected chi connectivity index (χ3v) is 6.89. The maximum atomic E-state index is 12.5. The number of carbonyl (C=O) groups excluding carboxylic acids is 1. The Labute approximate surface area is 176 Å². The van der Waals surface area contributed by atoms with E-state index in [9.17, 15) is 13.2 Å². The topological polar surface area (TPSA) is 105 Å². The molecule has 152 valence electrons. The Morgan fingerprint density at radius 2 is 2.07 bits per heavy atom. The molecule has 4 heterocycles. The molecule has 1 amide bonds. The fraction of sp³-hybridized carbons (Fsp3) is 0.150. The average Bonchev–Trinajstić information content (AvgIpc) is 3.37. The first kappa shape index (κ1) is 18.8. The van der Waals surface area contributed by atoms with E-state index in [4.69, 9.17) is 4.42 Å². The fourth-order valence-corrected chi connectivity index (χ4v) is 5.07. The van der Waals surface area contributed by atoms with Crippen molar-refractivity contribution in [2.75, 3.05) is 12.3 Å². The van der Waals surface area contributed by atoms with Crippen molar-refractivity contribution in [2.45, 2.75) is 6.54 Å². The minimum atomic E-state index is -3.42. The summed E-state index contributed by atoms with van der Waals surface area (Å²) in [5.41, 5.74) is 1.35. The van der Waals surface area contributed by atoms with Crippen molar-refractivity contribution < 1.29 is 17.6 Å². The number of fused-ring (bicyclic) bond motifs is 2. The van der Waals surface area contributed by atoms with E-state index in [2.05, 4.69) is 14.7 Å². The van der Waals surface area contributed by atoms with Crippen LogP contribution >= 0.6 is 11.3 Å². The highest BCUT2D eigenvalue weighted by Crippen LogP contribution is 2.31. The molecule has 5 rings (SSSR count). The zero-order valence-electron chi connectivity index (χ0n) is 15.6. The van der Waals surface area contributed by atoms with E-state index in [-0.39, 0.29) is 24.7 Å². The van der Waals surface area contributed by atoms with E-state index in [1.54, 1.807) is 28.5 Å². The van der Waals surface area contributed by atoms with Crippen LogP contribution in [0, 0.1) is 0 Å². The van der Waals surface area contributed by atoms with Gasteiger partial charge in [0, 0.05) is 12.7 Å². The first-order valence-corrected chi connectivity index (χ1v) is 11.6. The second-order valence-electron chi connectivity index (χ2n) is 6.78. The number of nitrogens with one attached hydrogen (secondary N) is 1. The van der Waals surface area contributed by atoms with Crippen molar-refractivity contribution in [2.24, 2.45) is 4.40 Å². The molecule has 0 fully saturated rings. The summed E-state index contributed by atoms with van der Waals surface area (Å²) in [6.07, 6.45) is 4.70. The monoisotopic (exact) mass is 440 g/mol. The van der Waals surface area contributed by atoms with Crippen molar-refractivity contribution in [3.05, 3.63) is 66.1 Å². The normalized spacial score (nSPS) is 17.4. The van der Waals surface area contributed by atoms with Crippen LogP contribution in [0.25, 0.3) is 21.0 Å². The van der Waals surface area contributed by atoms with Gasteiger partial charge in [0.2, 0.25) is 0 Å². The molecule has 0 saturated carbocycles. The zero-order chi connectivity index (χ0) is 20.7. The zero-order valence-corrected chi connectivity index (χ0v) is 17.2. The molecule has 30 heavy (non-hydrogen) atoms. The van der Waals surface area contributed by atoms with Crippen molar-refractivity contribution in [1.29, 1.82) is 0 Å². The van der Waals surface area contributed by atoms with Gasteiger partial charge in [-0.25, -0.2) is 13.4 Å². The first-order chi connectivity index (χ1) is 14.5. The van der Waals surface area contributed by atoms with Crippen molar-refractivity contribution in [3.8, 4) is 10.8 Å². The number of aromatic nitrogens is 1. The van der Waals surface area contributed by atoms with Gasteiger partial charge in [-0.3, -0.25) is 4.79 Å². The molecule has 8 nitrogen and oxygen atoms in total. The Kier molecular flexibility index (Phi) is 4.52. The van der Waals surface area contributed by atoms with E-state index in [0.717, 1.165) is 15.2 Å². The molecule has 1 N–H and O–H groups in total. The maximum absolute atomic E-state index is 12.5. The van der Waals surface area contributed by atoms with E-state index in [0.29, 0.717) is 22.9 Å². The minimum absolute atomic E-state index is 0.0727. The van der Waals surface area contributed by atoms with E-state index in [1.807, 2.05) is 36.4 Å². The van der Waals surface area contributed by atoms with Crippen LogP contribution in [0.15, 0.2) is 69.1 Å². The summed E-state index contributed by atoms with van der Waals surface area (Å²) in [5, 5.41) is 3.61. The third-order valence-electron chi connectivity index (χ3n) is 4.68. The largest absolute Gasteiger partial charge is 0.457 e. The number of furan rings is 1. The smallest absolute Gasteiger partial charge is 0.256 e. The molecule has 0 saturated heterocycles. The molecule has 0 unspecified atom stereocenters. The molecule has 0 aliphatic carbocycles. The number of thiazole rings is 1. The van der Waals surface area contributed by atoms with Gasteiger partial charge in [0.1, 0.15) is 11.6 Å². The lowest BCUT2D eigenvalue weighted by molar-refractivity contribution is -0.117. The van der Waals surface area contributed by atoms with E-state index in [1.165, 1.54) is 6.08 Å². The summed E-state index contributed by atoms with van der Waals surface area (Å²) >= 11 is 1.55. The molecule has 10 heteroatoms. The molecule has 3 aromatic rings. The molecule has 2 aromatic heterocycles. The molecule has 2 aliphatic rings. The lowest BCUT2D eigenvalue weighted by atomic mass is 10.2. The second-order valence-corrected chi connectivity index (χ2v) is 9.57. The van der Waals surface area contributed by atoms with Crippen LogP contribution in [0.1, 0.15) is 5.76 Å². The number of rotatable bonds is 4. The molecular weight excluding hydrogens is 424 g/mol. The van der Waals surface area contributed by atoms with Crippen LogP contribution in [-0.2, 0) is 21.4 Å². The minimum Gasteiger partial charge on any atom is -0.457 e. The Morgan fingerprint density at radius 1 is 1.20 bits per heavy atom. The van der Waals surface area contributed by atoms with Gasteiger partial charge in [0.15, 0.2) is 10.8 Å². The Balaban J connectivity index is 1.25. The number of hydrogen-bond acceptors (Lipinski definition) is 7. The number of nitrogens with zero attached hydrogens (tertiary/aromatic N) is 3. The van der Waals surface area contributed by atoms with E-state index < -0.39 is 10.0 Å². The molecule has 0 radical (unpaired) electrons. The first-order valence-electron chi connectivity index (χ1n) is 9.19. The summed E-state index contributed by atoms with van der Waals surface area (Å²) in [4.78, 5) is 18.7. The lowest BCUT2D eigenvalue weighted by Gasteiger charge is -2.26. The summed E-state index contributed by atoms with van der Waals surface area (Å²) in [5.74, 6) is 1.24. The summed E-state index contributed by atoms with van der Waals surface area (Å²) in [6.45, 7) is 0.496. The standard InChI is InChI=1S/C20H16N4O4S2/c25-19(13-5-8-18-23-30(26,27)10-9-24(18)12-13)21-11-14-6-7-16(28-14)20-22-15-3-1-2-4-17(15)29-20/h1-8,12H,9-11H2,(H,21,25). The van der Waals surface area contributed by atoms with Crippen molar-refractivity contribution in [3.63, 3.8) is 0 Å². The van der Waals surface area contributed by atoms with Gasteiger partial charge in [-0.2, -0.15) is 0 Å². The quantitative estimate of drug-likeness (QED) is 0.669. The number of hydrogen-bond donors (Lipinski definition) is 1. The number of carbonyl (C=O) groups is 1. The van der Waals surface area contributed by atoms with Crippen LogP contribution in [0.4, 0.5) is 0 Å². The van der Waals surface area contributed by atoms with Gasteiger partial charge in [0.05, 0.1) is 28.1 Å². The molecule has 0 spiro atoms. The highest BCUT2D eigenvalue weighted by atomic mass is 32.2. The third kappa shape index (κ3) is 3.66. The number of sulfonamides is 1. The SMILES string of the molecule is O=C(NCc1ccc(-c2nc3ccccc3s2)o1)C1=CN2CCS(=O)(=O)N=C2C=C1. The highest BCUT2D eigenvalue weighted by molar-refractivity contribution is 7.90. The fourth-order valence-electron chi connectivity index (χ4n) is 3.17. The summed E-state index contributed by atoms with van der Waals surface area (Å²) < 4.78 is 33.8. The van der Waals surface area contributed by atoms with Crippen molar-refractivity contribution >= 4 is 43.3 Å². The molecular formula is C20H16N4O4S2. The predicted octanol–water partition coefficient (Wildman–Crippen LogP) is 2.67. The van der Waals surface area contributed by atoms with Crippen LogP contribution in [0.5, 0.6) is 0 Å². The van der Waals surface area contributed by atoms with Gasteiger partial charge in [0.25, 0.3) is 15.9 Å². The number of benzene rings is 1. The van der Waals surface area contributed by atoms with Crippen molar-refractivity contribution in [1.82, 2.24) is 15.2 Å². The maximum Gasteiger partial charge on any atom is 0.256 e. The lowest BCUT2D eigenvalue weighted by Crippen LogP contribution is -2.38. The predicted molar refractivity (Wildman–Crippen MR) is 114 cm³/mol. The van der Waals surface area contributed by atoms with E-state index >= 15 is 0 Å².